The van der Waals surface area contributed by atoms with E-state index in [2.05, 4.69) is 53.8 Å². The van der Waals surface area contributed by atoms with Crippen LogP contribution in [0.4, 0.5) is 0 Å². The van der Waals surface area contributed by atoms with E-state index in [1.165, 1.54) is 12.8 Å². The average Bonchev–Trinajstić information content (AvgIpc) is 2.08. The van der Waals surface area contributed by atoms with Crippen LogP contribution in [-0.4, -0.2) is 8.32 Å². The Kier molecular flexibility index (Phi) is 6.38. The first-order valence-corrected chi connectivity index (χ1v) is 9.40. The normalized spacial score (nSPS) is 13.8. The van der Waals surface area contributed by atoms with Gasteiger partial charge in [-0.25, -0.2) is 0 Å². The molecule has 0 spiro atoms. The summed E-state index contributed by atoms with van der Waals surface area (Å²) in [5.41, 5.74) is 0. The second kappa shape index (κ2) is 6.48. The Morgan fingerprint density at radius 1 is 1.19 bits per heavy atom. The minimum absolute atomic E-state index is 0.301. The van der Waals surface area contributed by atoms with Crippen LogP contribution in [0.25, 0.3) is 0 Å². The molecule has 0 radical (unpaired) electrons. The second-order valence-electron chi connectivity index (χ2n) is 6.57. The molecule has 0 saturated carbocycles. The van der Waals surface area contributed by atoms with Crippen molar-refractivity contribution in [1.82, 2.24) is 0 Å². The lowest BCUT2D eigenvalue weighted by Gasteiger charge is -2.34. The summed E-state index contributed by atoms with van der Waals surface area (Å²) in [7, 11) is -1.57. The molecule has 0 aliphatic carbocycles. The summed E-state index contributed by atoms with van der Waals surface area (Å²) in [6, 6.07) is 0. The quantitative estimate of drug-likeness (QED) is 0.347. The molecule has 2 heteroatoms. The molecule has 0 bridgehead atoms. The predicted molar refractivity (Wildman–Crippen MR) is 76.1 cm³/mol. The van der Waals surface area contributed by atoms with Crippen molar-refractivity contribution >= 4 is 8.32 Å². The van der Waals surface area contributed by atoms with Gasteiger partial charge in [-0.2, -0.15) is 0 Å². The van der Waals surface area contributed by atoms with Gasteiger partial charge in [0.1, 0.15) is 0 Å². The minimum atomic E-state index is -1.57. The minimum Gasteiger partial charge on any atom is -0.549 e. The highest BCUT2D eigenvalue weighted by Crippen LogP contribution is 2.36. The molecule has 0 aromatic rings. The lowest BCUT2D eigenvalue weighted by atomic mass is 10.1. The van der Waals surface area contributed by atoms with Gasteiger partial charge in [0.05, 0.1) is 6.26 Å². The summed E-state index contributed by atoms with van der Waals surface area (Å²) < 4.78 is 5.96. The van der Waals surface area contributed by atoms with Crippen LogP contribution in [0, 0.1) is 5.92 Å². The molecule has 0 aromatic heterocycles. The van der Waals surface area contributed by atoms with Crippen molar-refractivity contribution in [3.63, 3.8) is 0 Å². The van der Waals surface area contributed by atoms with Gasteiger partial charge in [0.15, 0.2) is 0 Å². The Balaban J connectivity index is 3.84. The summed E-state index contributed by atoms with van der Waals surface area (Å²) in [5, 5.41) is 0.301. The van der Waals surface area contributed by atoms with Crippen LogP contribution in [0.1, 0.15) is 53.9 Å². The zero-order valence-corrected chi connectivity index (χ0v) is 13.3. The van der Waals surface area contributed by atoms with Crippen molar-refractivity contribution in [2.45, 2.75) is 72.0 Å². The number of hydrogen-bond acceptors (Lipinski definition) is 1. The molecule has 1 nitrogen and oxygen atoms in total. The van der Waals surface area contributed by atoms with Gasteiger partial charge in [0, 0.05) is 0 Å². The fourth-order valence-electron chi connectivity index (χ4n) is 1.11. The average molecular weight is 242 g/mol. The fraction of sp³-hybridized carbons (Fsp3) is 0.857. The van der Waals surface area contributed by atoms with Crippen molar-refractivity contribution in [3.8, 4) is 0 Å². The molecule has 16 heavy (non-hydrogen) atoms. The first-order valence-electron chi connectivity index (χ1n) is 6.49. The number of unbranched alkanes of at least 4 members (excludes halogenated alkanes) is 1. The molecule has 0 saturated heterocycles. The van der Waals surface area contributed by atoms with Crippen molar-refractivity contribution < 1.29 is 4.43 Å². The molecule has 0 heterocycles. The molecule has 0 aromatic carbocycles. The van der Waals surface area contributed by atoms with Crippen LogP contribution >= 0.6 is 0 Å². The van der Waals surface area contributed by atoms with Gasteiger partial charge in [-0.15, -0.1) is 0 Å². The largest absolute Gasteiger partial charge is 0.549 e. The van der Waals surface area contributed by atoms with Gasteiger partial charge in [0.2, 0.25) is 8.32 Å². The molecular formula is C14H30OSi. The Labute approximate surface area is 103 Å². The van der Waals surface area contributed by atoms with Crippen molar-refractivity contribution in [1.29, 1.82) is 0 Å². The van der Waals surface area contributed by atoms with E-state index in [4.69, 9.17) is 4.43 Å². The highest BCUT2D eigenvalue weighted by atomic mass is 28.4. The van der Waals surface area contributed by atoms with E-state index in [1.54, 1.807) is 0 Å². The maximum atomic E-state index is 5.96. The van der Waals surface area contributed by atoms with Gasteiger partial charge >= 0.3 is 0 Å². The molecule has 0 amide bonds. The Bertz CT molecular complexity index is 211. The zero-order valence-electron chi connectivity index (χ0n) is 12.3. The van der Waals surface area contributed by atoms with Gasteiger partial charge < -0.3 is 4.43 Å². The van der Waals surface area contributed by atoms with E-state index in [0.29, 0.717) is 5.04 Å². The molecule has 0 atom stereocenters. The molecule has 0 fully saturated rings. The van der Waals surface area contributed by atoms with Crippen LogP contribution in [0.15, 0.2) is 12.3 Å². The molecule has 0 aliphatic heterocycles. The van der Waals surface area contributed by atoms with Crippen LogP contribution in [0.5, 0.6) is 0 Å². The number of allylic oxidation sites excluding steroid dienone is 1. The van der Waals surface area contributed by atoms with Crippen molar-refractivity contribution in [2.75, 3.05) is 0 Å². The van der Waals surface area contributed by atoms with E-state index in [0.717, 1.165) is 12.3 Å². The van der Waals surface area contributed by atoms with E-state index in [-0.39, 0.29) is 0 Å². The smallest absolute Gasteiger partial charge is 0.249 e. The summed E-state index contributed by atoms with van der Waals surface area (Å²) in [6.45, 7) is 15.9. The van der Waals surface area contributed by atoms with Crippen LogP contribution in [-0.2, 0) is 4.43 Å². The highest BCUT2D eigenvalue weighted by molar-refractivity contribution is 6.74. The lowest BCUT2D eigenvalue weighted by molar-refractivity contribution is 0.427. The topological polar surface area (TPSA) is 9.23 Å². The molecular weight excluding hydrogens is 212 g/mol. The fourth-order valence-corrected chi connectivity index (χ4v) is 1.90. The third kappa shape index (κ3) is 6.36. The number of rotatable bonds is 6. The van der Waals surface area contributed by atoms with E-state index in [1.807, 2.05) is 6.26 Å². The third-order valence-electron chi connectivity index (χ3n) is 3.42. The zero-order chi connectivity index (χ0) is 12.8. The monoisotopic (exact) mass is 242 g/mol. The van der Waals surface area contributed by atoms with Gasteiger partial charge in [-0.1, -0.05) is 47.1 Å². The van der Waals surface area contributed by atoms with E-state index < -0.39 is 8.32 Å². The van der Waals surface area contributed by atoms with Crippen molar-refractivity contribution in [2.24, 2.45) is 5.92 Å². The lowest BCUT2D eigenvalue weighted by Crippen LogP contribution is -2.39. The Hall–Kier alpha value is -0.243. The molecule has 0 aliphatic rings. The molecule has 0 N–H and O–H groups in total. The maximum absolute atomic E-state index is 5.96. The van der Waals surface area contributed by atoms with E-state index >= 15 is 0 Å². The van der Waals surface area contributed by atoms with Crippen LogP contribution < -0.4 is 0 Å². The molecule has 96 valence electrons. The third-order valence-corrected chi connectivity index (χ3v) is 7.76. The Morgan fingerprint density at radius 2 is 1.75 bits per heavy atom. The second-order valence-corrected chi connectivity index (χ2v) is 11.3. The SMILES string of the molecule is CC(C)CCC/C=C/O[Si](C)(C)C(C)(C)C. The van der Waals surface area contributed by atoms with Gasteiger partial charge in [-0.05, 0) is 36.9 Å². The molecule has 0 rings (SSSR count). The van der Waals surface area contributed by atoms with Crippen LogP contribution in [0.2, 0.25) is 18.1 Å². The first kappa shape index (κ1) is 15.8. The molecule has 0 unspecified atom stereocenters. The standard InChI is InChI=1S/C14H30OSi/c1-13(2)11-9-8-10-12-15-16(6,7)14(3,4)5/h10,12-13H,8-9,11H2,1-7H3/b12-10+. The highest BCUT2D eigenvalue weighted by Gasteiger charge is 2.37. The van der Waals surface area contributed by atoms with Gasteiger partial charge in [0.25, 0.3) is 0 Å². The Morgan fingerprint density at radius 3 is 2.19 bits per heavy atom. The summed E-state index contributed by atoms with van der Waals surface area (Å²) in [4.78, 5) is 0. The van der Waals surface area contributed by atoms with Crippen LogP contribution in [0.3, 0.4) is 0 Å². The first-order chi connectivity index (χ1) is 7.17. The summed E-state index contributed by atoms with van der Waals surface area (Å²) in [5.74, 6) is 0.815. The number of hydrogen-bond donors (Lipinski definition) is 0. The summed E-state index contributed by atoms with van der Waals surface area (Å²) in [6.07, 6.45) is 7.85. The summed E-state index contributed by atoms with van der Waals surface area (Å²) >= 11 is 0. The predicted octanol–water partition coefficient (Wildman–Crippen LogP) is 5.35. The van der Waals surface area contributed by atoms with E-state index in [9.17, 15) is 0 Å². The van der Waals surface area contributed by atoms with Gasteiger partial charge in [-0.3, -0.25) is 0 Å². The maximum Gasteiger partial charge on any atom is 0.249 e. The van der Waals surface area contributed by atoms with Crippen molar-refractivity contribution in [3.05, 3.63) is 12.3 Å².